The van der Waals surface area contributed by atoms with E-state index in [1.165, 1.54) is 6.07 Å². The quantitative estimate of drug-likeness (QED) is 0.834. The first-order valence-electron chi connectivity index (χ1n) is 8.64. The Bertz CT molecular complexity index is 614. The van der Waals surface area contributed by atoms with E-state index in [2.05, 4.69) is 15.5 Å². The molecule has 2 N–H and O–H groups in total. The van der Waals surface area contributed by atoms with Gasteiger partial charge in [-0.15, -0.1) is 0 Å². The summed E-state index contributed by atoms with van der Waals surface area (Å²) in [6, 6.07) is 4.04. The van der Waals surface area contributed by atoms with Gasteiger partial charge >= 0.3 is 12.2 Å². The minimum absolute atomic E-state index is 0.236. The van der Waals surface area contributed by atoms with Gasteiger partial charge in [0.05, 0.1) is 24.8 Å². The Balaban J connectivity index is 1.89. The van der Waals surface area contributed by atoms with Crippen LogP contribution in [0, 0.1) is 0 Å². The van der Waals surface area contributed by atoms with Crippen molar-refractivity contribution in [3.63, 3.8) is 0 Å². The van der Waals surface area contributed by atoms with Gasteiger partial charge < -0.3 is 15.4 Å². The number of amides is 2. The molecule has 1 aromatic carbocycles. The predicted molar refractivity (Wildman–Crippen MR) is 92.9 cm³/mol. The third kappa shape index (κ3) is 5.60. The number of nitrogens with zero attached hydrogens (tertiary/aromatic N) is 1. The summed E-state index contributed by atoms with van der Waals surface area (Å²) in [5.41, 5.74) is -0.555. The number of halogens is 3. The maximum absolute atomic E-state index is 12.8. The maximum Gasteiger partial charge on any atom is 0.416 e. The third-order valence-corrected chi connectivity index (χ3v) is 4.61. The Kier molecular flexibility index (Phi) is 6.52. The lowest BCUT2D eigenvalue weighted by molar-refractivity contribution is -0.137. The van der Waals surface area contributed by atoms with Gasteiger partial charge in [0.2, 0.25) is 0 Å². The van der Waals surface area contributed by atoms with Crippen LogP contribution in [0.2, 0.25) is 0 Å². The molecule has 1 atom stereocenters. The Morgan fingerprint density at radius 2 is 1.92 bits per heavy atom. The van der Waals surface area contributed by atoms with Gasteiger partial charge in [0.15, 0.2) is 0 Å². The fraction of sp³-hybridized carbons (Fsp3) is 0.611. The monoisotopic (exact) mass is 373 g/mol. The molecule has 0 aliphatic carbocycles. The Hall–Kier alpha value is -1.80. The van der Waals surface area contributed by atoms with Crippen molar-refractivity contribution in [2.45, 2.75) is 38.5 Å². The highest BCUT2D eigenvalue weighted by Crippen LogP contribution is 2.30. The van der Waals surface area contributed by atoms with Crippen LogP contribution in [0.25, 0.3) is 0 Å². The molecule has 0 bridgehead atoms. The van der Waals surface area contributed by atoms with Gasteiger partial charge in [-0.2, -0.15) is 13.2 Å². The van der Waals surface area contributed by atoms with E-state index in [4.69, 9.17) is 4.74 Å². The van der Waals surface area contributed by atoms with E-state index >= 15 is 0 Å². The average molecular weight is 373 g/mol. The number of nitrogens with one attached hydrogen (secondary N) is 2. The van der Waals surface area contributed by atoms with E-state index in [9.17, 15) is 18.0 Å². The summed E-state index contributed by atoms with van der Waals surface area (Å²) in [5, 5.41) is 5.50. The minimum Gasteiger partial charge on any atom is -0.379 e. The maximum atomic E-state index is 12.8. The number of morpholine rings is 1. The summed E-state index contributed by atoms with van der Waals surface area (Å²) in [7, 11) is 0. The topological polar surface area (TPSA) is 53.6 Å². The van der Waals surface area contributed by atoms with Crippen LogP contribution in [0.15, 0.2) is 24.3 Å². The summed E-state index contributed by atoms with van der Waals surface area (Å²) < 4.78 is 43.8. The second kappa shape index (κ2) is 8.26. The van der Waals surface area contributed by atoms with Crippen LogP contribution in [0.4, 0.5) is 18.0 Å². The van der Waals surface area contributed by atoms with Gasteiger partial charge in [-0.05, 0) is 38.5 Å². The van der Waals surface area contributed by atoms with Crippen LogP contribution in [-0.4, -0.2) is 49.3 Å². The van der Waals surface area contributed by atoms with Crippen LogP contribution >= 0.6 is 0 Å². The zero-order valence-electron chi connectivity index (χ0n) is 15.3. The van der Waals surface area contributed by atoms with Crippen molar-refractivity contribution in [2.75, 3.05) is 32.8 Å². The second-order valence-electron chi connectivity index (χ2n) is 7.08. The molecular weight excluding hydrogens is 347 g/mol. The zero-order valence-corrected chi connectivity index (χ0v) is 15.3. The minimum atomic E-state index is -4.40. The van der Waals surface area contributed by atoms with Gasteiger partial charge in [0, 0.05) is 25.2 Å². The van der Waals surface area contributed by atoms with Crippen molar-refractivity contribution < 1.29 is 22.7 Å². The number of hydrogen-bond acceptors (Lipinski definition) is 3. The largest absolute Gasteiger partial charge is 0.416 e. The number of benzene rings is 1. The molecule has 1 aliphatic rings. The van der Waals surface area contributed by atoms with E-state index in [0.717, 1.165) is 25.2 Å². The SMILES string of the molecule is CC(NC(=O)NCC(C)(C)N1CCOCC1)c1cccc(C(F)(F)F)c1. The Morgan fingerprint density at radius 3 is 2.54 bits per heavy atom. The summed E-state index contributed by atoms with van der Waals surface area (Å²) in [6.07, 6.45) is -4.40. The highest BCUT2D eigenvalue weighted by atomic mass is 19.4. The second-order valence-corrected chi connectivity index (χ2v) is 7.08. The molecule has 1 unspecified atom stereocenters. The molecule has 1 aliphatic heterocycles. The van der Waals surface area contributed by atoms with Gasteiger partial charge in [-0.1, -0.05) is 12.1 Å². The molecule has 2 amide bonds. The van der Waals surface area contributed by atoms with Gasteiger partial charge in [-0.3, -0.25) is 4.90 Å². The van der Waals surface area contributed by atoms with Crippen molar-refractivity contribution in [1.29, 1.82) is 0 Å². The van der Waals surface area contributed by atoms with Gasteiger partial charge in [0.1, 0.15) is 0 Å². The summed E-state index contributed by atoms with van der Waals surface area (Å²) in [6.45, 7) is 9.10. The number of ether oxygens (including phenoxy) is 1. The fourth-order valence-corrected chi connectivity index (χ4v) is 2.89. The molecule has 1 aromatic rings. The smallest absolute Gasteiger partial charge is 0.379 e. The number of hydrogen-bond donors (Lipinski definition) is 2. The molecule has 146 valence electrons. The summed E-state index contributed by atoms with van der Waals surface area (Å²) in [5.74, 6) is 0. The number of carbonyl (C=O) groups excluding carboxylic acids is 1. The molecule has 0 radical (unpaired) electrons. The lowest BCUT2D eigenvalue weighted by Crippen LogP contribution is -2.56. The third-order valence-electron chi connectivity index (χ3n) is 4.61. The fourth-order valence-electron chi connectivity index (χ4n) is 2.89. The molecule has 5 nitrogen and oxygen atoms in total. The van der Waals surface area contributed by atoms with Gasteiger partial charge in [-0.25, -0.2) is 4.79 Å². The van der Waals surface area contributed by atoms with E-state index in [-0.39, 0.29) is 5.54 Å². The van der Waals surface area contributed by atoms with Crippen molar-refractivity contribution in [1.82, 2.24) is 15.5 Å². The number of alkyl halides is 3. The molecule has 2 rings (SSSR count). The highest BCUT2D eigenvalue weighted by molar-refractivity contribution is 5.74. The van der Waals surface area contributed by atoms with Crippen LogP contribution in [0.1, 0.15) is 37.9 Å². The van der Waals surface area contributed by atoms with Crippen LogP contribution < -0.4 is 10.6 Å². The highest BCUT2D eigenvalue weighted by Gasteiger charge is 2.31. The number of carbonyl (C=O) groups is 1. The molecule has 0 saturated carbocycles. The van der Waals surface area contributed by atoms with Crippen molar-refractivity contribution in [3.8, 4) is 0 Å². The Morgan fingerprint density at radius 1 is 1.27 bits per heavy atom. The van der Waals surface area contributed by atoms with Crippen molar-refractivity contribution in [3.05, 3.63) is 35.4 Å². The number of rotatable bonds is 5. The lowest BCUT2D eigenvalue weighted by Gasteiger charge is -2.40. The van der Waals surface area contributed by atoms with Crippen LogP contribution in [-0.2, 0) is 10.9 Å². The van der Waals surface area contributed by atoms with E-state index in [1.807, 2.05) is 13.8 Å². The van der Waals surface area contributed by atoms with E-state index < -0.39 is 23.8 Å². The van der Waals surface area contributed by atoms with Gasteiger partial charge in [0.25, 0.3) is 0 Å². The van der Waals surface area contributed by atoms with Crippen molar-refractivity contribution in [2.24, 2.45) is 0 Å². The molecule has 1 heterocycles. The molecule has 8 heteroatoms. The first-order chi connectivity index (χ1) is 12.1. The summed E-state index contributed by atoms with van der Waals surface area (Å²) >= 11 is 0. The predicted octanol–water partition coefficient (Wildman–Crippen LogP) is 3.18. The lowest BCUT2D eigenvalue weighted by atomic mass is 10.0. The standard InChI is InChI=1S/C18H26F3N3O2/c1-13(14-5-4-6-15(11-14)18(19,20)21)23-16(25)22-12-17(2,3)24-7-9-26-10-8-24/h4-6,11,13H,7-10,12H2,1-3H3,(H2,22,23,25). The first kappa shape index (κ1) is 20.5. The first-order valence-corrected chi connectivity index (χ1v) is 8.64. The van der Waals surface area contributed by atoms with Crippen LogP contribution in [0.5, 0.6) is 0 Å². The molecule has 1 saturated heterocycles. The Labute approximate surface area is 151 Å². The number of urea groups is 1. The van der Waals surface area contributed by atoms with E-state index in [1.54, 1.807) is 13.0 Å². The van der Waals surface area contributed by atoms with Crippen LogP contribution in [0.3, 0.4) is 0 Å². The van der Waals surface area contributed by atoms with E-state index in [0.29, 0.717) is 25.3 Å². The molecule has 0 spiro atoms. The molecular formula is C18H26F3N3O2. The zero-order chi connectivity index (χ0) is 19.4. The average Bonchev–Trinajstić information content (AvgIpc) is 2.60. The van der Waals surface area contributed by atoms with Crippen molar-refractivity contribution >= 4 is 6.03 Å². The molecule has 26 heavy (non-hydrogen) atoms. The summed E-state index contributed by atoms with van der Waals surface area (Å²) in [4.78, 5) is 14.4. The molecule has 0 aromatic heterocycles. The normalized spacial score (nSPS) is 17.6. The molecule has 1 fully saturated rings.